The third-order valence-corrected chi connectivity index (χ3v) is 5.76. The van der Waals surface area contributed by atoms with Crippen molar-refractivity contribution in [2.75, 3.05) is 23.9 Å². The molecule has 0 saturated heterocycles. The molecule has 19 heavy (non-hydrogen) atoms. The largest absolute Gasteiger partial charge is 0.396 e. The number of rotatable bonds is 4. The Morgan fingerprint density at radius 1 is 1.47 bits per heavy atom. The Bertz CT molecular complexity index is 608. The first-order chi connectivity index (χ1) is 8.93. The van der Waals surface area contributed by atoms with Crippen molar-refractivity contribution in [1.29, 1.82) is 5.26 Å². The highest BCUT2D eigenvalue weighted by Gasteiger charge is 2.24. The summed E-state index contributed by atoms with van der Waals surface area (Å²) in [5.41, 5.74) is 5.83. The van der Waals surface area contributed by atoms with Crippen LogP contribution in [0.5, 0.6) is 0 Å². The fraction of sp³-hybridized carbons (Fsp3) is 0.583. The van der Waals surface area contributed by atoms with Crippen LogP contribution >= 0.6 is 11.3 Å². The monoisotopic (exact) mass is 299 g/mol. The van der Waals surface area contributed by atoms with Crippen LogP contribution in [0.2, 0.25) is 0 Å². The van der Waals surface area contributed by atoms with E-state index in [0.717, 1.165) is 24.1 Å². The summed E-state index contributed by atoms with van der Waals surface area (Å²) in [6.07, 6.45) is 5.94. The molecule has 0 atom stereocenters. The first kappa shape index (κ1) is 14.2. The van der Waals surface area contributed by atoms with E-state index < -0.39 is 9.84 Å². The number of hydrogen-bond donors (Lipinski definition) is 2. The first-order valence-electron chi connectivity index (χ1n) is 6.19. The van der Waals surface area contributed by atoms with Crippen LogP contribution in [0.15, 0.2) is 4.90 Å². The SMILES string of the molecule is CS(=O)(=O)c1c(NCC2CCCC2)sc(C#N)c1N. The zero-order valence-corrected chi connectivity index (χ0v) is 12.4. The van der Waals surface area contributed by atoms with Gasteiger partial charge in [0.1, 0.15) is 20.8 Å². The third kappa shape index (κ3) is 3.01. The van der Waals surface area contributed by atoms with Crippen LogP contribution in [-0.2, 0) is 9.84 Å². The van der Waals surface area contributed by atoms with E-state index in [1.807, 2.05) is 6.07 Å². The second-order valence-electron chi connectivity index (χ2n) is 4.92. The predicted octanol–water partition coefficient (Wildman–Crippen LogP) is 2.21. The molecule has 1 aromatic rings. The summed E-state index contributed by atoms with van der Waals surface area (Å²) >= 11 is 1.12. The Balaban J connectivity index is 2.26. The predicted molar refractivity (Wildman–Crippen MR) is 77.0 cm³/mol. The number of hydrogen-bond acceptors (Lipinski definition) is 6. The molecule has 0 aromatic carbocycles. The summed E-state index contributed by atoms with van der Waals surface area (Å²) in [4.78, 5) is 0.335. The van der Waals surface area contributed by atoms with Crippen LogP contribution in [0, 0.1) is 17.2 Å². The van der Waals surface area contributed by atoms with Gasteiger partial charge in [-0.25, -0.2) is 8.42 Å². The molecule has 0 aliphatic heterocycles. The summed E-state index contributed by atoms with van der Waals surface area (Å²) in [6.45, 7) is 0.743. The van der Waals surface area contributed by atoms with Gasteiger partial charge in [0.05, 0.1) is 5.69 Å². The summed E-state index contributed by atoms with van der Waals surface area (Å²) < 4.78 is 23.6. The van der Waals surface area contributed by atoms with Gasteiger partial charge in [-0.15, -0.1) is 11.3 Å². The van der Waals surface area contributed by atoms with Gasteiger partial charge in [0.2, 0.25) is 0 Å². The molecule has 0 radical (unpaired) electrons. The van der Waals surface area contributed by atoms with Crippen LogP contribution < -0.4 is 11.1 Å². The average Bonchev–Trinajstić information content (AvgIpc) is 2.92. The van der Waals surface area contributed by atoms with E-state index in [1.54, 1.807) is 0 Å². The summed E-state index contributed by atoms with van der Waals surface area (Å²) in [6, 6.07) is 1.95. The van der Waals surface area contributed by atoms with Crippen molar-refractivity contribution in [2.24, 2.45) is 5.92 Å². The lowest BCUT2D eigenvalue weighted by Crippen LogP contribution is -2.12. The van der Waals surface area contributed by atoms with Gasteiger partial charge in [-0.05, 0) is 18.8 Å². The van der Waals surface area contributed by atoms with Crippen LogP contribution in [0.1, 0.15) is 30.6 Å². The standard InChI is InChI=1S/C12H17N3O2S2/c1-19(16,17)11-10(14)9(6-13)18-12(11)15-7-8-4-2-3-5-8/h8,15H,2-5,7,14H2,1H3. The minimum absolute atomic E-state index is 0.0731. The number of nitrogens with zero attached hydrogens (tertiary/aromatic N) is 1. The van der Waals surface area contributed by atoms with Gasteiger partial charge in [-0.3, -0.25) is 0 Å². The fourth-order valence-corrected chi connectivity index (χ4v) is 4.82. The van der Waals surface area contributed by atoms with E-state index in [2.05, 4.69) is 5.32 Å². The quantitative estimate of drug-likeness (QED) is 0.888. The Morgan fingerprint density at radius 2 is 2.11 bits per heavy atom. The van der Waals surface area contributed by atoms with Crippen molar-refractivity contribution in [3.63, 3.8) is 0 Å². The summed E-state index contributed by atoms with van der Waals surface area (Å²) in [7, 11) is -3.43. The molecular formula is C12H17N3O2S2. The average molecular weight is 299 g/mol. The second-order valence-corrected chi connectivity index (χ2v) is 7.89. The summed E-state index contributed by atoms with van der Waals surface area (Å²) in [5.74, 6) is 0.585. The molecule has 2 rings (SSSR count). The minimum atomic E-state index is -3.43. The van der Waals surface area contributed by atoms with Gasteiger partial charge < -0.3 is 11.1 Å². The van der Waals surface area contributed by atoms with Gasteiger partial charge >= 0.3 is 0 Å². The number of nitriles is 1. The fourth-order valence-electron chi connectivity index (χ4n) is 2.45. The zero-order valence-electron chi connectivity index (χ0n) is 10.8. The van der Waals surface area contributed by atoms with E-state index in [1.165, 1.54) is 25.7 Å². The molecule has 3 N–H and O–H groups in total. The topological polar surface area (TPSA) is 96.0 Å². The molecule has 1 fully saturated rings. The highest BCUT2D eigenvalue weighted by atomic mass is 32.2. The molecule has 104 valence electrons. The highest BCUT2D eigenvalue weighted by Crippen LogP contribution is 2.39. The van der Waals surface area contributed by atoms with E-state index >= 15 is 0 Å². The van der Waals surface area contributed by atoms with Crippen molar-refractivity contribution in [3.8, 4) is 6.07 Å². The molecule has 1 aliphatic carbocycles. The zero-order chi connectivity index (χ0) is 14.0. The van der Waals surface area contributed by atoms with E-state index in [0.29, 0.717) is 10.9 Å². The molecule has 1 aromatic heterocycles. The molecule has 1 saturated carbocycles. The van der Waals surface area contributed by atoms with Gasteiger partial charge in [-0.1, -0.05) is 12.8 Å². The Labute approximate surface area is 117 Å². The maximum absolute atomic E-state index is 11.8. The molecule has 0 unspecified atom stereocenters. The molecule has 0 amide bonds. The lowest BCUT2D eigenvalue weighted by Gasteiger charge is -2.11. The molecule has 7 heteroatoms. The summed E-state index contributed by atoms with van der Waals surface area (Å²) in [5, 5.41) is 12.6. The van der Waals surface area contributed by atoms with Crippen molar-refractivity contribution in [1.82, 2.24) is 0 Å². The molecule has 5 nitrogen and oxygen atoms in total. The number of anilines is 2. The lowest BCUT2D eigenvalue weighted by molar-refractivity contribution is 0.579. The molecule has 1 aliphatic rings. The van der Waals surface area contributed by atoms with Crippen molar-refractivity contribution in [3.05, 3.63) is 4.88 Å². The smallest absolute Gasteiger partial charge is 0.180 e. The normalized spacial score (nSPS) is 16.4. The number of nitrogens with two attached hydrogens (primary N) is 1. The maximum Gasteiger partial charge on any atom is 0.180 e. The van der Waals surface area contributed by atoms with E-state index in [4.69, 9.17) is 11.0 Å². The maximum atomic E-state index is 11.8. The molecule has 0 spiro atoms. The van der Waals surface area contributed by atoms with Crippen molar-refractivity contribution < 1.29 is 8.42 Å². The lowest BCUT2D eigenvalue weighted by atomic mass is 10.1. The van der Waals surface area contributed by atoms with Gasteiger partial charge in [-0.2, -0.15) is 5.26 Å². The van der Waals surface area contributed by atoms with Gasteiger partial charge in [0, 0.05) is 12.8 Å². The van der Waals surface area contributed by atoms with Crippen LogP contribution in [-0.4, -0.2) is 21.2 Å². The Hall–Kier alpha value is -1.26. The van der Waals surface area contributed by atoms with Crippen molar-refractivity contribution >= 4 is 31.9 Å². The van der Waals surface area contributed by atoms with Crippen LogP contribution in [0.3, 0.4) is 0 Å². The highest BCUT2D eigenvalue weighted by molar-refractivity contribution is 7.91. The third-order valence-electron chi connectivity index (χ3n) is 3.40. The Kier molecular flexibility index (Phi) is 4.02. The van der Waals surface area contributed by atoms with Gasteiger partial charge in [0.15, 0.2) is 9.84 Å². The van der Waals surface area contributed by atoms with Gasteiger partial charge in [0.25, 0.3) is 0 Å². The Morgan fingerprint density at radius 3 is 2.63 bits per heavy atom. The molecule has 1 heterocycles. The number of nitrogen functional groups attached to an aromatic ring is 1. The van der Waals surface area contributed by atoms with Crippen LogP contribution in [0.25, 0.3) is 0 Å². The number of sulfone groups is 1. The molecule has 0 bridgehead atoms. The van der Waals surface area contributed by atoms with E-state index in [9.17, 15) is 8.42 Å². The second kappa shape index (κ2) is 5.39. The van der Waals surface area contributed by atoms with E-state index in [-0.39, 0.29) is 15.5 Å². The first-order valence-corrected chi connectivity index (χ1v) is 8.90. The molecular weight excluding hydrogens is 282 g/mol. The van der Waals surface area contributed by atoms with Crippen LogP contribution in [0.4, 0.5) is 10.7 Å². The number of thiophene rings is 1. The minimum Gasteiger partial charge on any atom is -0.396 e. The van der Waals surface area contributed by atoms with Crippen molar-refractivity contribution in [2.45, 2.75) is 30.6 Å². The number of nitrogens with one attached hydrogen (secondary N) is 1.